The lowest BCUT2D eigenvalue weighted by Crippen LogP contribution is -2.42. The van der Waals surface area contributed by atoms with E-state index in [0.29, 0.717) is 12.6 Å². The Balaban J connectivity index is 1.89. The molecule has 2 atom stereocenters. The molecule has 1 amide bonds. The molecule has 2 rings (SSSR count). The van der Waals surface area contributed by atoms with E-state index in [1.165, 1.54) is 11.1 Å². The van der Waals surface area contributed by atoms with Gasteiger partial charge in [-0.25, -0.2) is 0 Å². The fraction of sp³-hybridized carbons (Fsp3) is 0.562. The van der Waals surface area contributed by atoms with Crippen LogP contribution >= 0.6 is 0 Å². The molecular formula is C16H24N2O. The van der Waals surface area contributed by atoms with E-state index in [2.05, 4.69) is 42.7 Å². The van der Waals surface area contributed by atoms with E-state index in [-0.39, 0.29) is 11.8 Å². The van der Waals surface area contributed by atoms with Crippen molar-refractivity contribution in [2.24, 2.45) is 5.92 Å². The number of hydrogen-bond acceptors (Lipinski definition) is 2. The monoisotopic (exact) mass is 260 g/mol. The average Bonchev–Trinajstić information content (AvgIpc) is 2.45. The predicted octanol–water partition coefficient (Wildman–Crippen LogP) is 2.25. The topological polar surface area (TPSA) is 41.1 Å². The Morgan fingerprint density at radius 3 is 2.79 bits per heavy atom. The van der Waals surface area contributed by atoms with Crippen LogP contribution in [0.25, 0.3) is 0 Å². The third kappa shape index (κ3) is 3.80. The predicted molar refractivity (Wildman–Crippen MR) is 77.9 cm³/mol. The molecule has 0 bridgehead atoms. The molecule has 0 aliphatic carbocycles. The molecule has 1 saturated heterocycles. The van der Waals surface area contributed by atoms with E-state index in [1.54, 1.807) is 0 Å². The first-order chi connectivity index (χ1) is 9.20. The largest absolute Gasteiger partial charge is 0.352 e. The van der Waals surface area contributed by atoms with E-state index in [1.807, 2.05) is 6.07 Å². The number of hydrogen-bond donors (Lipinski definition) is 2. The molecule has 1 aliphatic heterocycles. The molecule has 2 N–H and O–H groups in total. The number of aryl methyl sites for hydroxylation is 1. The highest BCUT2D eigenvalue weighted by molar-refractivity contribution is 5.78. The maximum atomic E-state index is 12.2. The molecule has 1 heterocycles. The SMILES string of the molecule is CCc1ccccc1CNC(=O)[C@H]1CCN[C@@H](C)C1. The number of carbonyl (C=O) groups excluding carboxylic acids is 1. The second kappa shape index (κ2) is 6.71. The van der Waals surface area contributed by atoms with Gasteiger partial charge >= 0.3 is 0 Å². The summed E-state index contributed by atoms with van der Waals surface area (Å²) in [5.74, 6) is 0.379. The summed E-state index contributed by atoms with van der Waals surface area (Å²) in [6.07, 6.45) is 2.91. The van der Waals surface area contributed by atoms with Gasteiger partial charge in [0.1, 0.15) is 0 Å². The van der Waals surface area contributed by atoms with Crippen molar-refractivity contribution >= 4 is 5.91 Å². The van der Waals surface area contributed by atoms with Crippen LogP contribution in [-0.2, 0) is 17.8 Å². The fourth-order valence-electron chi connectivity index (χ4n) is 2.77. The lowest BCUT2D eigenvalue weighted by atomic mass is 9.92. The third-order valence-corrected chi connectivity index (χ3v) is 3.95. The summed E-state index contributed by atoms with van der Waals surface area (Å²) in [4.78, 5) is 12.2. The summed E-state index contributed by atoms with van der Waals surface area (Å²) in [5.41, 5.74) is 2.56. The minimum absolute atomic E-state index is 0.171. The average molecular weight is 260 g/mol. The molecule has 0 unspecified atom stereocenters. The van der Waals surface area contributed by atoms with Crippen LogP contribution in [0, 0.1) is 5.92 Å². The van der Waals surface area contributed by atoms with Crippen LogP contribution in [0.15, 0.2) is 24.3 Å². The number of benzene rings is 1. The number of carbonyl (C=O) groups is 1. The lowest BCUT2D eigenvalue weighted by Gasteiger charge is -2.27. The van der Waals surface area contributed by atoms with Gasteiger partial charge in [0, 0.05) is 18.5 Å². The van der Waals surface area contributed by atoms with E-state index in [0.717, 1.165) is 25.8 Å². The van der Waals surface area contributed by atoms with Crippen molar-refractivity contribution in [3.8, 4) is 0 Å². The zero-order chi connectivity index (χ0) is 13.7. The first kappa shape index (κ1) is 14.1. The highest BCUT2D eigenvalue weighted by Gasteiger charge is 2.24. The van der Waals surface area contributed by atoms with E-state index in [4.69, 9.17) is 0 Å². The van der Waals surface area contributed by atoms with E-state index < -0.39 is 0 Å². The van der Waals surface area contributed by atoms with Gasteiger partial charge in [-0.15, -0.1) is 0 Å². The van der Waals surface area contributed by atoms with Crippen LogP contribution in [0.5, 0.6) is 0 Å². The molecular weight excluding hydrogens is 236 g/mol. The standard InChI is InChI=1S/C16H24N2O/c1-3-13-6-4-5-7-15(13)11-18-16(19)14-8-9-17-12(2)10-14/h4-7,12,14,17H,3,8-11H2,1-2H3,(H,18,19)/t12-,14-/m0/s1. The van der Waals surface area contributed by atoms with Crippen LogP contribution in [0.2, 0.25) is 0 Å². The quantitative estimate of drug-likeness (QED) is 0.872. The first-order valence-corrected chi connectivity index (χ1v) is 7.28. The summed E-state index contributed by atoms with van der Waals surface area (Å²) in [5, 5.41) is 6.48. The van der Waals surface area contributed by atoms with Crippen LogP contribution < -0.4 is 10.6 Å². The van der Waals surface area contributed by atoms with Gasteiger partial charge in [-0.2, -0.15) is 0 Å². The number of piperidine rings is 1. The minimum atomic E-state index is 0.171. The molecule has 0 aromatic heterocycles. The maximum absolute atomic E-state index is 12.2. The van der Waals surface area contributed by atoms with Crippen LogP contribution in [0.4, 0.5) is 0 Å². The number of amides is 1. The Hall–Kier alpha value is -1.35. The molecule has 1 fully saturated rings. The van der Waals surface area contributed by atoms with Crippen molar-refractivity contribution in [2.75, 3.05) is 6.54 Å². The molecule has 1 aromatic carbocycles. The van der Waals surface area contributed by atoms with Gasteiger partial charge in [0.05, 0.1) is 0 Å². The van der Waals surface area contributed by atoms with Crippen LogP contribution in [-0.4, -0.2) is 18.5 Å². The van der Waals surface area contributed by atoms with Crippen molar-refractivity contribution in [3.05, 3.63) is 35.4 Å². The first-order valence-electron chi connectivity index (χ1n) is 7.28. The van der Waals surface area contributed by atoms with Gasteiger partial charge in [0.25, 0.3) is 0 Å². The highest BCUT2D eigenvalue weighted by Crippen LogP contribution is 2.16. The molecule has 104 valence electrons. The van der Waals surface area contributed by atoms with Gasteiger partial charge in [-0.1, -0.05) is 31.2 Å². The van der Waals surface area contributed by atoms with Gasteiger partial charge < -0.3 is 10.6 Å². The Morgan fingerprint density at radius 1 is 1.37 bits per heavy atom. The van der Waals surface area contributed by atoms with Crippen LogP contribution in [0.1, 0.15) is 37.8 Å². The van der Waals surface area contributed by atoms with E-state index in [9.17, 15) is 4.79 Å². The Morgan fingerprint density at radius 2 is 2.11 bits per heavy atom. The zero-order valence-electron chi connectivity index (χ0n) is 11.9. The summed E-state index contributed by atoms with van der Waals surface area (Å²) in [6, 6.07) is 8.77. The Labute approximate surface area is 115 Å². The Bertz CT molecular complexity index is 431. The molecule has 1 aromatic rings. The zero-order valence-corrected chi connectivity index (χ0v) is 11.9. The van der Waals surface area contributed by atoms with Gasteiger partial charge in [0.2, 0.25) is 5.91 Å². The fourth-order valence-corrected chi connectivity index (χ4v) is 2.77. The molecule has 3 nitrogen and oxygen atoms in total. The summed E-state index contributed by atoms with van der Waals surface area (Å²) >= 11 is 0. The highest BCUT2D eigenvalue weighted by atomic mass is 16.1. The van der Waals surface area contributed by atoms with Gasteiger partial charge in [-0.3, -0.25) is 4.79 Å². The summed E-state index contributed by atoms with van der Waals surface area (Å²) in [7, 11) is 0. The molecule has 0 spiro atoms. The molecule has 0 radical (unpaired) electrons. The molecule has 19 heavy (non-hydrogen) atoms. The van der Waals surface area contributed by atoms with Gasteiger partial charge in [-0.05, 0) is 43.9 Å². The minimum Gasteiger partial charge on any atom is -0.352 e. The number of rotatable bonds is 4. The second-order valence-corrected chi connectivity index (χ2v) is 5.42. The maximum Gasteiger partial charge on any atom is 0.223 e. The second-order valence-electron chi connectivity index (χ2n) is 5.42. The van der Waals surface area contributed by atoms with E-state index >= 15 is 0 Å². The third-order valence-electron chi connectivity index (χ3n) is 3.95. The molecule has 0 saturated carbocycles. The van der Waals surface area contributed by atoms with Crippen LogP contribution in [0.3, 0.4) is 0 Å². The molecule has 1 aliphatic rings. The summed E-state index contributed by atoms with van der Waals surface area (Å²) in [6.45, 7) is 5.90. The summed E-state index contributed by atoms with van der Waals surface area (Å²) < 4.78 is 0. The Kier molecular flexibility index (Phi) is 4.97. The van der Waals surface area contributed by atoms with Crippen molar-refractivity contribution in [1.82, 2.24) is 10.6 Å². The van der Waals surface area contributed by atoms with Gasteiger partial charge in [0.15, 0.2) is 0 Å². The number of nitrogens with one attached hydrogen (secondary N) is 2. The van der Waals surface area contributed by atoms with Crippen molar-refractivity contribution in [3.63, 3.8) is 0 Å². The smallest absolute Gasteiger partial charge is 0.223 e. The van der Waals surface area contributed by atoms with Crippen molar-refractivity contribution in [1.29, 1.82) is 0 Å². The lowest BCUT2D eigenvalue weighted by molar-refractivity contribution is -0.126. The normalized spacial score (nSPS) is 23.1. The molecule has 3 heteroatoms. The van der Waals surface area contributed by atoms with Crippen molar-refractivity contribution in [2.45, 2.75) is 45.7 Å². The van der Waals surface area contributed by atoms with Crippen molar-refractivity contribution < 1.29 is 4.79 Å².